The zero-order valence-electron chi connectivity index (χ0n) is 9.63. The van der Waals surface area contributed by atoms with E-state index in [9.17, 15) is 9.90 Å². The summed E-state index contributed by atoms with van der Waals surface area (Å²) in [7, 11) is 0. The Morgan fingerprint density at radius 2 is 2.35 bits per heavy atom. The summed E-state index contributed by atoms with van der Waals surface area (Å²) >= 11 is 1.48. The van der Waals surface area contributed by atoms with Crippen LogP contribution in [0, 0.1) is 0 Å². The Morgan fingerprint density at radius 3 is 3.06 bits per heavy atom. The number of aliphatic hydroxyl groups is 1. The van der Waals surface area contributed by atoms with E-state index in [1.54, 1.807) is 10.6 Å². The Bertz CT molecular complexity index is 440. The van der Waals surface area contributed by atoms with E-state index in [-0.39, 0.29) is 17.0 Å². The molecule has 0 unspecified atom stereocenters. The van der Waals surface area contributed by atoms with Crippen LogP contribution in [0.25, 0.3) is 0 Å². The Kier molecular flexibility index (Phi) is 4.06. The monoisotopic (exact) mass is 255 g/mol. The molecule has 17 heavy (non-hydrogen) atoms. The fraction of sp³-hybridized carbons (Fsp3) is 0.636. The quantitative estimate of drug-likeness (QED) is 0.792. The highest BCUT2D eigenvalue weighted by Crippen LogP contribution is 2.32. The highest BCUT2D eigenvalue weighted by atomic mass is 32.2. The first-order chi connectivity index (χ1) is 8.22. The first kappa shape index (κ1) is 12.4. The lowest BCUT2D eigenvalue weighted by Gasteiger charge is -2.26. The van der Waals surface area contributed by atoms with Crippen LogP contribution in [0.5, 0.6) is 0 Å². The maximum atomic E-state index is 11.5. The second-order valence-corrected chi connectivity index (χ2v) is 5.43. The van der Waals surface area contributed by atoms with Crippen molar-refractivity contribution in [3.05, 3.63) is 23.1 Å². The molecule has 1 aromatic heterocycles. The predicted octanol–water partition coefficient (Wildman–Crippen LogP) is 1.15. The molecule has 0 saturated heterocycles. The number of allylic oxidation sites excluding steroid dienone is 1. The minimum atomic E-state index is -0.294. The molecule has 2 rings (SSSR count). The molecule has 0 aromatic carbocycles. The van der Waals surface area contributed by atoms with Gasteiger partial charge in [0.1, 0.15) is 0 Å². The lowest BCUT2D eigenvalue weighted by atomic mass is 9.97. The molecule has 0 bridgehead atoms. The van der Waals surface area contributed by atoms with Gasteiger partial charge in [-0.3, -0.25) is 4.57 Å². The number of nitrogens with zero attached hydrogens (tertiary/aromatic N) is 2. The topological polar surface area (TPSA) is 70.9 Å². The Morgan fingerprint density at radius 1 is 1.59 bits per heavy atom. The summed E-state index contributed by atoms with van der Waals surface area (Å²) < 4.78 is 1.54. The lowest BCUT2D eigenvalue weighted by molar-refractivity contribution is 0.137. The van der Waals surface area contributed by atoms with Crippen LogP contribution in [-0.2, 0) is 6.54 Å². The summed E-state index contributed by atoms with van der Waals surface area (Å²) in [5, 5.41) is 17.1. The molecular weight excluding hydrogens is 238 g/mol. The number of aromatic amines is 1. The van der Waals surface area contributed by atoms with Crippen LogP contribution < -0.4 is 5.69 Å². The van der Waals surface area contributed by atoms with Gasteiger partial charge in [0.15, 0.2) is 5.16 Å². The second-order valence-electron chi connectivity index (χ2n) is 4.22. The van der Waals surface area contributed by atoms with E-state index in [1.165, 1.54) is 11.8 Å². The molecule has 0 aliphatic heterocycles. The maximum Gasteiger partial charge on any atom is 0.344 e. The summed E-state index contributed by atoms with van der Waals surface area (Å²) in [6.07, 6.45) is 5.40. The van der Waals surface area contributed by atoms with Crippen molar-refractivity contribution >= 4 is 11.8 Å². The van der Waals surface area contributed by atoms with E-state index in [4.69, 9.17) is 0 Å². The van der Waals surface area contributed by atoms with E-state index >= 15 is 0 Å². The van der Waals surface area contributed by atoms with Gasteiger partial charge in [-0.25, -0.2) is 9.89 Å². The smallest absolute Gasteiger partial charge is 0.344 e. The van der Waals surface area contributed by atoms with Crippen molar-refractivity contribution in [2.24, 2.45) is 0 Å². The maximum absolute atomic E-state index is 11.5. The highest BCUT2D eigenvalue weighted by molar-refractivity contribution is 7.99. The molecule has 5 nitrogen and oxygen atoms in total. The summed E-state index contributed by atoms with van der Waals surface area (Å²) in [5.74, 6) is 0. The molecule has 94 valence electrons. The summed E-state index contributed by atoms with van der Waals surface area (Å²) in [5.41, 5.74) is -0.224. The molecule has 6 heteroatoms. The van der Waals surface area contributed by atoms with Gasteiger partial charge in [-0.1, -0.05) is 30.7 Å². The number of hydrogen-bond donors (Lipinski definition) is 2. The van der Waals surface area contributed by atoms with Gasteiger partial charge in [0.05, 0.1) is 6.10 Å². The van der Waals surface area contributed by atoms with Crippen molar-refractivity contribution in [1.29, 1.82) is 0 Å². The van der Waals surface area contributed by atoms with Gasteiger partial charge in [-0.05, 0) is 12.8 Å². The van der Waals surface area contributed by atoms with Gasteiger partial charge < -0.3 is 5.11 Å². The van der Waals surface area contributed by atoms with Crippen LogP contribution in [0.2, 0.25) is 0 Å². The average molecular weight is 255 g/mol. The van der Waals surface area contributed by atoms with Crippen LogP contribution in [0.3, 0.4) is 0 Å². The Labute approximate surface area is 104 Å². The highest BCUT2D eigenvalue weighted by Gasteiger charge is 2.26. The number of thioether (sulfide) groups is 1. The van der Waals surface area contributed by atoms with Gasteiger partial charge in [-0.15, -0.1) is 11.7 Å². The van der Waals surface area contributed by atoms with Gasteiger partial charge in [0.25, 0.3) is 0 Å². The molecule has 2 atom stereocenters. The van der Waals surface area contributed by atoms with Crippen LogP contribution in [0.4, 0.5) is 0 Å². The van der Waals surface area contributed by atoms with E-state index in [0.717, 1.165) is 25.7 Å². The summed E-state index contributed by atoms with van der Waals surface area (Å²) in [6.45, 7) is 4.06. The normalized spacial score (nSPS) is 24.8. The van der Waals surface area contributed by atoms with Crippen molar-refractivity contribution < 1.29 is 5.11 Å². The third-order valence-electron chi connectivity index (χ3n) is 2.96. The molecular formula is C11H17N3O2S. The molecule has 1 aromatic rings. The van der Waals surface area contributed by atoms with Gasteiger partial charge in [0.2, 0.25) is 0 Å². The van der Waals surface area contributed by atoms with E-state index < -0.39 is 0 Å². The number of rotatable bonds is 4. The largest absolute Gasteiger partial charge is 0.392 e. The van der Waals surface area contributed by atoms with Crippen molar-refractivity contribution in [3.63, 3.8) is 0 Å². The molecule has 0 radical (unpaired) electrons. The molecule has 1 fully saturated rings. The van der Waals surface area contributed by atoms with Crippen LogP contribution >= 0.6 is 11.8 Å². The van der Waals surface area contributed by atoms with Crippen molar-refractivity contribution in [1.82, 2.24) is 14.8 Å². The fourth-order valence-corrected chi connectivity index (χ4v) is 3.26. The molecule has 1 heterocycles. The first-order valence-electron chi connectivity index (χ1n) is 5.83. The third-order valence-corrected chi connectivity index (χ3v) is 4.33. The number of aliphatic hydroxyl groups excluding tert-OH is 1. The van der Waals surface area contributed by atoms with Gasteiger partial charge >= 0.3 is 5.69 Å². The minimum absolute atomic E-state index is 0.141. The molecule has 0 spiro atoms. The van der Waals surface area contributed by atoms with Gasteiger partial charge in [-0.2, -0.15) is 0 Å². The number of H-pyrrole nitrogens is 1. The third kappa shape index (κ3) is 2.81. The second kappa shape index (κ2) is 5.55. The summed E-state index contributed by atoms with van der Waals surface area (Å²) in [6, 6.07) is 0. The number of aromatic nitrogens is 3. The van der Waals surface area contributed by atoms with Crippen LogP contribution in [0.1, 0.15) is 25.7 Å². The molecule has 1 saturated carbocycles. The zero-order valence-corrected chi connectivity index (χ0v) is 10.4. The van der Waals surface area contributed by atoms with Crippen molar-refractivity contribution in [3.8, 4) is 0 Å². The predicted molar refractivity (Wildman–Crippen MR) is 67.2 cm³/mol. The molecule has 0 amide bonds. The number of hydrogen-bond acceptors (Lipinski definition) is 4. The number of nitrogens with one attached hydrogen (secondary N) is 1. The van der Waals surface area contributed by atoms with E-state index in [2.05, 4.69) is 16.8 Å². The van der Waals surface area contributed by atoms with E-state index in [1.807, 2.05) is 0 Å². The Balaban J connectivity index is 2.12. The van der Waals surface area contributed by atoms with Crippen LogP contribution in [0.15, 0.2) is 22.6 Å². The van der Waals surface area contributed by atoms with Gasteiger partial charge in [0, 0.05) is 11.8 Å². The first-order valence-corrected chi connectivity index (χ1v) is 6.71. The molecule has 2 N–H and O–H groups in total. The van der Waals surface area contributed by atoms with E-state index in [0.29, 0.717) is 11.7 Å². The average Bonchev–Trinajstić information content (AvgIpc) is 2.65. The standard InChI is InChI=1S/C11H17N3O2S/c1-2-7-14-10(16)12-13-11(14)17-9-6-4-3-5-8(9)15/h2,8-9,15H,1,3-7H2,(H,12,16)/t8-,9-/m0/s1. The lowest BCUT2D eigenvalue weighted by Crippen LogP contribution is -2.27. The fourth-order valence-electron chi connectivity index (χ4n) is 2.03. The minimum Gasteiger partial charge on any atom is -0.392 e. The zero-order chi connectivity index (χ0) is 12.3. The molecule has 1 aliphatic carbocycles. The SMILES string of the molecule is C=CCn1c(S[C@H]2CCCC[C@@H]2O)n[nH]c1=O. The molecule has 1 aliphatic rings. The summed E-state index contributed by atoms with van der Waals surface area (Å²) in [4.78, 5) is 11.5. The Hall–Kier alpha value is -1.01. The van der Waals surface area contributed by atoms with Crippen LogP contribution in [-0.4, -0.2) is 31.2 Å². The van der Waals surface area contributed by atoms with Crippen molar-refractivity contribution in [2.45, 2.75) is 48.7 Å². The van der Waals surface area contributed by atoms with Crippen molar-refractivity contribution in [2.75, 3.05) is 0 Å².